The smallest absolute Gasteiger partial charge is 0.240 e. The summed E-state index contributed by atoms with van der Waals surface area (Å²) in [4.78, 5) is 12.0. The molecule has 2 aliphatic rings. The summed E-state index contributed by atoms with van der Waals surface area (Å²) in [5, 5.41) is 12.1. The molecule has 3 heteroatoms. The lowest BCUT2D eigenvalue weighted by Gasteiger charge is -2.39. The van der Waals surface area contributed by atoms with Gasteiger partial charge in [-0.15, -0.1) is 0 Å². The van der Waals surface area contributed by atoms with Gasteiger partial charge in [-0.1, -0.05) is 32.6 Å². The molecule has 0 radical (unpaired) electrons. The van der Waals surface area contributed by atoms with Crippen LogP contribution in [0.5, 0.6) is 0 Å². The Morgan fingerprint density at radius 3 is 2.59 bits per heavy atom. The predicted molar refractivity (Wildman–Crippen MR) is 66.0 cm³/mol. The number of rotatable bonds is 4. The van der Waals surface area contributed by atoms with Gasteiger partial charge in [-0.3, -0.25) is 4.79 Å². The van der Waals surface area contributed by atoms with Crippen molar-refractivity contribution < 1.29 is 4.79 Å². The van der Waals surface area contributed by atoms with Crippen LogP contribution in [-0.4, -0.2) is 12.5 Å². The van der Waals surface area contributed by atoms with Gasteiger partial charge < -0.3 is 5.32 Å². The number of nitrogens with zero attached hydrogens (tertiary/aromatic N) is 1. The third-order valence-electron chi connectivity index (χ3n) is 4.36. The van der Waals surface area contributed by atoms with Gasteiger partial charge >= 0.3 is 0 Å². The van der Waals surface area contributed by atoms with Crippen LogP contribution >= 0.6 is 0 Å². The summed E-state index contributed by atoms with van der Waals surface area (Å²) >= 11 is 0. The lowest BCUT2D eigenvalue weighted by molar-refractivity contribution is -0.133. The quantitative estimate of drug-likeness (QED) is 0.813. The summed E-state index contributed by atoms with van der Waals surface area (Å²) in [5.41, 5.74) is -0.699. The fourth-order valence-corrected chi connectivity index (χ4v) is 3.32. The molecule has 2 aliphatic carbocycles. The zero-order valence-electron chi connectivity index (χ0n) is 10.7. The molecule has 2 fully saturated rings. The average molecular weight is 234 g/mol. The molecule has 0 unspecified atom stereocenters. The van der Waals surface area contributed by atoms with Crippen molar-refractivity contribution in [2.24, 2.45) is 17.3 Å². The Bertz CT molecular complexity index is 320. The normalized spacial score (nSPS) is 32.8. The highest BCUT2D eigenvalue weighted by atomic mass is 16.2. The fourth-order valence-electron chi connectivity index (χ4n) is 3.32. The Morgan fingerprint density at radius 2 is 2.06 bits per heavy atom. The van der Waals surface area contributed by atoms with Gasteiger partial charge in [-0.2, -0.15) is 5.26 Å². The van der Waals surface area contributed by atoms with Crippen molar-refractivity contribution in [3.8, 4) is 6.07 Å². The van der Waals surface area contributed by atoms with Crippen LogP contribution in [-0.2, 0) is 4.79 Å². The first-order valence-corrected chi connectivity index (χ1v) is 6.86. The number of amides is 1. The van der Waals surface area contributed by atoms with Crippen molar-refractivity contribution in [2.75, 3.05) is 6.54 Å². The lowest BCUT2D eigenvalue weighted by atomic mass is 9.63. The third kappa shape index (κ3) is 2.62. The summed E-state index contributed by atoms with van der Waals surface area (Å²) in [6, 6.07) is 2.21. The number of hydrogen-bond donors (Lipinski definition) is 1. The number of hydrogen-bond acceptors (Lipinski definition) is 2. The molecule has 0 bridgehead atoms. The maximum absolute atomic E-state index is 12.0. The summed E-state index contributed by atoms with van der Waals surface area (Å²) in [6.07, 6.45) is 7.88. The Hall–Kier alpha value is -1.04. The molecule has 0 atom stereocenters. The van der Waals surface area contributed by atoms with Crippen LogP contribution in [0.1, 0.15) is 51.9 Å². The molecule has 2 saturated carbocycles. The second-order valence-corrected chi connectivity index (χ2v) is 5.90. The van der Waals surface area contributed by atoms with Crippen molar-refractivity contribution in [3.05, 3.63) is 0 Å². The van der Waals surface area contributed by atoms with Gasteiger partial charge in [-0.05, 0) is 31.1 Å². The van der Waals surface area contributed by atoms with Crippen LogP contribution < -0.4 is 5.32 Å². The van der Waals surface area contributed by atoms with Crippen LogP contribution in [0.4, 0.5) is 0 Å². The molecule has 3 nitrogen and oxygen atoms in total. The van der Waals surface area contributed by atoms with Gasteiger partial charge in [0.25, 0.3) is 0 Å². The van der Waals surface area contributed by atoms with E-state index in [-0.39, 0.29) is 5.91 Å². The van der Waals surface area contributed by atoms with Crippen LogP contribution in [0.2, 0.25) is 0 Å². The predicted octanol–water partition coefficient (Wildman–Crippen LogP) is 2.62. The molecule has 94 valence electrons. The SMILES string of the molecule is CC1CC(C#N)(C(=O)NCCC2CCCC2)C1. The minimum Gasteiger partial charge on any atom is -0.355 e. The monoisotopic (exact) mass is 234 g/mol. The number of nitrogens with one attached hydrogen (secondary N) is 1. The molecule has 2 rings (SSSR count). The van der Waals surface area contributed by atoms with E-state index in [0.29, 0.717) is 5.92 Å². The largest absolute Gasteiger partial charge is 0.355 e. The molecule has 0 aliphatic heterocycles. The first-order valence-electron chi connectivity index (χ1n) is 6.86. The molecule has 0 saturated heterocycles. The van der Waals surface area contributed by atoms with Gasteiger partial charge in [0.1, 0.15) is 5.41 Å². The highest BCUT2D eigenvalue weighted by molar-refractivity contribution is 5.86. The first kappa shape index (κ1) is 12.4. The standard InChI is InChI=1S/C14H22N2O/c1-11-8-14(9-11,10-15)13(17)16-7-6-12-4-2-3-5-12/h11-12H,2-9H2,1H3,(H,16,17). The van der Waals surface area contributed by atoms with Crippen molar-refractivity contribution in [2.45, 2.75) is 51.9 Å². The molecular formula is C14H22N2O. The molecule has 0 spiro atoms. The first-order chi connectivity index (χ1) is 8.16. The van der Waals surface area contributed by atoms with E-state index >= 15 is 0 Å². The van der Waals surface area contributed by atoms with Crippen molar-refractivity contribution in [1.82, 2.24) is 5.32 Å². The molecule has 17 heavy (non-hydrogen) atoms. The number of carbonyl (C=O) groups excluding carboxylic acids is 1. The number of carbonyl (C=O) groups is 1. The molecular weight excluding hydrogens is 212 g/mol. The van der Waals surface area contributed by atoms with Crippen molar-refractivity contribution >= 4 is 5.91 Å². The van der Waals surface area contributed by atoms with E-state index in [1.165, 1.54) is 25.7 Å². The van der Waals surface area contributed by atoms with E-state index in [4.69, 9.17) is 5.26 Å². The van der Waals surface area contributed by atoms with Gasteiger partial charge in [-0.25, -0.2) is 0 Å². The molecule has 0 heterocycles. The Balaban J connectivity index is 1.71. The second kappa shape index (κ2) is 5.08. The van der Waals surface area contributed by atoms with Crippen LogP contribution in [0.3, 0.4) is 0 Å². The van der Waals surface area contributed by atoms with Gasteiger partial charge in [0.15, 0.2) is 0 Å². The van der Waals surface area contributed by atoms with E-state index < -0.39 is 5.41 Å². The summed E-state index contributed by atoms with van der Waals surface area (Å²) in [6.45, 7) is 2.85. The number of nitriles is 1. The third-order valence-corrected chi connectivity index (χ3v) is 4.36. The van der Waals surface area contributed by atoms with Gasteiger partial charge in [0.05, 0.1) is 6.07 Å². The highest BCUT2D eigenvalue weighted by Crippen LogP contribution is 2.45. The van der Waals surface area contributed by atoms with Crippen LogP contribution in [0.15, 0.2) is 0 Å². The van der Waals surface area contributed by atoms with E-state index in [2.05, 4.69) is 18.3 Å². The summed E-state index contributed by atoms with van der Waals surface area (Å²) in [7, 11) is 0. The zero-order chi connectivity index (χ0) is 12.3. The fraction of sp³-hybridized carbons (Fsp3) is 0.857. The minimum absolute atomic E-state index is 0.0314. The molecule has 0 aromatic rings. The summed E-state index contributed by atoms with van der Waals surface area (Å²) < 4.78 is 0. The second-order valence-electron chi connectivity index (χ2n) is 5.90. The molecule has 1 amide bonds. The van der Waals surface area contributed by atoms with E-state index in [1.54, 1.807) is 0 Å². The lowest BCUT2D eigenvalue weighted by Crippen LogP contribution is -2.48. The van der Waals surface area contributed by atoms with Gasteiger partial charge in [0, 0.05) is 6.54 Å². The summed E-state index contributed by atoms with van der Waals surface area (Å²) in [5.74, 6) is 1.29. The van der Waals surface area contributed by atoms with Crippen molar-refractivity contribution in [3.63, 3.8) is 0 Å². The molecule has 0 aromatic carbocycles. The Morgan fingerprint density at radius 1 is 1.41 bits per heavy atom. The zero-order valence-corrected chi connectivity index (χ0v) is 10.7. The van der Waals surface area contributed by atoms with Crippen LogP contribution in [0.25, 0.3) is 0 Å². The van der Waals surface area contributed by atoms with Crippen LogP contribution in [0, 0.1) is 28.6 Å². The molecule has 0 aromatic heterocycles. The Labute approximate surface area is 104 Å². The van der Waals surface area contributed by atoms with Gasteiger partial charge in [0.2, 0.25) is 5.91 Å². The van der Waals surface area contributed by atoms with Crippen molar-refractivity contribution in [1.29, 1.82) is 5.26 Å². The average Bonchev–Trinajstić information content (AvgIpc) is 2.77. The van der Waals surface area contributed by atoms with E-state index in [0.717, 1.165) is 31.7 Å². The maximum Gasteiger partial charge on any atom is 0.240 e. The molecule has 1 N–H and O–H groups in total. The minimum atomic E-state index is -0.699. The topological polar surface area (TPSA) is 52.9 Å². The van der Waals surface area contributed by atoms with E-state index in [9.17, 15) is 4.79 Å². The Kier molecular flexibility index (Phi) is 3.71. The maximum atomic E-state index is 12.0. The highest BCUT2D eigenvalue weighted by Gasteiger charge is 2.48. The van der Waals surface area contributed by atoms with E-state index in [1.807, 2.05) is 0 Å².